The first-order valence-electron chi connectivity index (χ1n) is 7.50. The quantitative estimate of drug-likeness (QED) is 0.898. The summed E-state index contributed by atoms with van der Waals surface area (Å²) >= 11 is 0. The number of ether oxygens (including phenoxy) is 1. The minimum Gasteiger partial charge on any atom is -0.484 e. The van der Waals surface area contributed by atoms with Crippen molar-refractivity contribution < 1.29 is 13.7 Å². The molecule has 128 valence electrons. The maximum absolute atomic E-state index is 12.1. The number of anilines is 1. The van der Waals surface area contributed by atoms with Gasteiger partial charge in [-0.3, -0.25) is 4.79 Å². The van der Waals surface area contributed by atoms with Crippen LogP contribution in [0.4, 0.5) is 11.4 Å². The van der Waals surface area contributed by atoms with Gasteiger partial charge in [0.05, 0.1) is 11.4 Å². The summed E-state index contributed by atoms with van der Waals surface area (Å²) in [6.07, 6.45) is 3.10. The standard InChI is InChI=1S/C18H22N2O3S/c1-13-9-14(2)11-15(10-13)23-12-18(21)19-16-7-5-6-8-17(16)20-24(3,4)22/h5-11H,12H2,1-4H3,(H,19,21). The van der Waals surface area contributed by atoms with Crippen LogP contribution in [-0.4, -0.2) is 29.2 Å². The molecule has 1 N–H and O–H groups in total. The topological polar surface area (TPSA) is 67.8 Å². The first kappa shape index (κ1) is 18.0. The summed E-state index contributed by atoms with van der Waals surface area (Å²) in [5.41, 5.74) is 3.17. The van der Waals surface area contributed by atoms with Gasteiger partial charge in [-0.05, 0) is 49.2 Å². The number of rotatable bonds is 5. The zero-order chi connectivity index (χ0) is 17.7. The average molecular weight is 346 g/mol. The fourth-order valence-corrected chi connectivity index (χ4v) is 2.88. The highest BCUT2D eigenvalue weighted by atomic mass is 32.2. The lowest BCUT2D eigenvalue weighted by atomic mass is 10.1. The maximum atomic E-state index is 12.1. The minimum absolute atomic E-state index is 0.106. The van der Waals surface area contributed by atoms with Gasteiger partial charge in [-0.2, -0.15) is 4.36 Å². The molecule has 0 radical (unpaired) electrons. The first-order chi connectivity index (χ1) is 11.2. The molecule has 0 saturated heterocycles. The monoisotopic (exact) mass is 346 g/mol. The number of nitrogens with zero attached hydrogens (tertiary/aromatic N) is 1. The number of benzene rings is 2. The molecule has 0 atom stereocenters. The van der Waals surface area contributed by atoms with Crippen LogP contribution in [0.2, 0.25) is 0 Å². The third kappa shape index (κ3) is 5.70. The molecule has 5 nitrogen and oxygen atoms in total. The molecule has 1 amide bonds. The van der Waals surface area contributed by atoms with E-state index >= 15 is 0 Å². The number of carbonyl (C=O) groups excluding carboxylic acids is 1. The van der Waals surface area contributed by atoms with Gasteiger partial charge < -0.3 is 10.1 Å². The highest BCUT2D eigenvalue weighted by molar-refractivity contribution is 7.92. The Bertz CT molecular complexity index is 840. The van der Waals surface area contributed by atoms with Crippen molar-refractivity contribution in [3.05, 3.63) is 53.6 Å². The van der Waals surface area contributed by atoms with Crippen LogP contribution in [0.5, 0.6) is 5.75 Å². The van der Waals surface area contributed by atoms with E-state index in [4.69, 9.17) is 4.74 Å². The Morgan fingerprint density at radius 2 is 1.75 bits per heavy atom. The highest BCUT2D eigenvalue weighted by Gasteiger charge is 2.08. The Hall–Kier alpha value is -2.34. The summed E-state index contributed by atoms with van der Waals surface area (Å²) < 4.78 is 21.6. The Balaban J connectivity index is 2.07. The second-order valence-corrected chi connectivity index (χ2v) is 8.50. The van der Waals surface area contributed by atoms with Crippen molar-refractivity contribution >= 4 is 27.0 Å². The molecule has 2 aromatic carbocycles. The van der Waals surface area contributed by atoms with Crippen LogP contribution < -0.4 is 10.1 Å². The molecule has 6 heteroatoms. The fraction of sp³-hybridized carbons (Fsp3) is 0.278. The molecule has 2 aromatic rings. The second-order valence-electron chi connectivity index (χ2n) is 5.95. The SMILES string of the molecule is Cc1cc(C)cc(OCC(=O)Nc2ccccc2N=S(C)(C)=O)c1. The number of carbonyl (C=O) groups is 1. The smallest absolute Gasteiger partial charge is 0.262 e. The van der Waals surface area contributed by atoms with E-state index in [2.05, 4.69) is 9.68 Å². The van der Waals surface area contributed by atoms with Crippen LogP contribution in [-0.2, 0) is 14.5 Å². The average Bonchev–Trinajstić information content (AvgIpc) is 2.45. The molecule has 0 saturated carbocycles. The molecule has 0 unspecified atom stereocenters. The van der Waals surface area contributed by atoms with E-state index in [1.165, 1.54) is 0 Å². The lowest BCUT2D eigenvalue weighted by Gasteiger charge is -2.10. The van der Waals surface area contributed by atoms with Gasteiger partial charge in [-0.1, -0.05) is 18.2 Å². The summed E-state index contributed by atoms with van der Waals surface area (Å²) in [5.74, 6) is 0.362. The normalized spacial score (nSPS) is 11.0. The van der Waals surface area contributed by atoms with Crippen molar-refractivity contribution in [2.75, 3.05) is 24.4 Å². The summed E-state index contributed by atoms with van der Waals surface area (Å²) in [5, 5.41) is 2.75. The van der Waals surface area contributed by atoms with Crippen LogP contribution in [0.3, 0.4) is 0 Å². The van der Waals surface area contributed by atoms with Gasteiger partial charge in [0, 0.05) is 22.2 Å². The highest BCUT2D eigenvalue weighted by Crippen LogP contribution is 2.25. The molecular weight excluding hydrogens is 324 g/mol. The predicted molar refractivity (Wildman–Crippen MR) is 98.6 cm³/mol. The zero-order valence-corrected chi connectivity index (χ0v) is 15.1. The van der Waals surface area contributed by atoms with Gasteiger partial charge in [0.25, 0.3) is 5.91 Å². The lowest BCUT2D eigenvalue weighted by Crippen LogP contribution is -2.20. The Labute approximate surface area is 143 Å². The van der Waals surface area contributed by atoms with E-state index in [1.807, 2.05) is 32.0 Å². The molecule has 0 heterocycles. The van der Waals surface area contributed by atoms with Crippen molar-refractivity contribution in [1.29, 1.82) is 0 Å². The summed E-state index contributed by atoms with van der Waals surface area (Å²) in [6.45, 7) is 3.85. The summed E-state index contributed by atoms with van der Waals surface area (Å²) in [7, 11) is -2.31. The molecule has 0 aliphatic carbocycles. The molecule has 2 rings (SSSR count). The van der Waals surface area contributed by atoms with Crippen molar-refractivity contribution in [2.45, 2.75) is 13.8 Å². The number of hydrogen-bond donors (Lipinski definition) is 1. The van der Waals surface area contributed by atoms with E-state index in [1.54, 1.807) is 36.8 Å². The van der Waals surface area contributed by atoms with Crippen molar-refractivity contribution in [3.63, 3.8) is 0 Å². The zero-order valence-electron chi connectivity index (χ0n) is 14.3. The largest absolute Gasteiger partial charge is 0.484 e. The predicted octanol–water partition coefficient (Wildman–Crippen LogP) is 3.68. The number of para-hydroxylation sites is 1. The molecule has 24 heavy (non-hydrogen) atoms. The van der Waals surface area contributed by atoms with Crippen molar-refractivity contribution in [3.8, 4) is 5.75 Å². The molecular formula is C18H22N2O3S. The van der Waals surface area contributed by atoms with Gasteiger partial charge >= 0.3 is 0 Å². The summed E-state index contributed by atoms with van der Waals surface area (Å²) in [4.78, 5) is 12.1. The molecule has 0 aromatic heterocycles. The first-order valence-corrected chi connectivity index (χ1v) is 9.83. The van der Waals surface area contributed by atoms with Crippen molar-refractivity contribution in [2.24, 2.45) is 4.36 Å². The lowest BCUT2D eigenvalue weighted by molar-refractivity contribution is -0.118. The van der Waals surface area contributed by atoms with E-state index in [0.717, 1.165) is 11.1 Å². The Morgan fingerprint density at radius 3 is 2.38 bits per heavy atom. The van der Waals surface area contributed by atoms with Crippen molar-refractivity contribution in [1.82, 2.24) is 0 Å². The summed E-state index contributed by atoms with van der Waals surface area (Å²) in [6, 6.07) is 12.8. The van der Waals surface area contributed by atoms with Crippen LogP contribution in [0.25, 0.3) is 0 Å². The third-order valence-electron chi connectivity index (χ3n) is 3.06. The van der Waals surface area contributed by atoms with E-state index in [-0.39, 0.29) is 12.5 Å². The van der Waals surface area contributed by atoms with Gasteiger partial charge in [-0.25, -0.2) is 4.21 Å². The Morgan fingerprint density at radius 1 is 1.12 bits per heavy atom. The number of aryl methyl sites for hydroxylation is 2. The Kier molecular flexibility index (Phi) is 5.62. The maximum Gasteiger partial charge on any atom is 0.262 e. The van der Waals surface area contributed by atoms with Crippen LogP contribution in [0, 0.1) is 13.8 Å². The van der Waals surface area contributed by atoms with E-state index < -0.39 is 9.73 Å². The number of hydrogen-bond acceptors (Lipinski definition) is 4. The molecule has 0 fully saturated rings. The van der Waals surface area contributed by atoms with Gasteiger partial charge in [-0.15, -0.1) is 0 Å². The molecule has 0 spiro atoms. The van der Waals surface area contributed by atoms with Crippen LogP contribution in [0.1, 0.15) is 11.1 Å². The third-order valence-corrected chi connectivity index (χ3v) is 3.70. The van der Waals surface area contributed by atoms with Crippen LogP contribution in [0.15, 0.2) is 46.8 Å². The number of nitrogens with one attached hydrogen (secondary N) is 1. The van der Waals surface area contributed by atoms with Gasteiger partial charge in [0.1, 0.15) is 5.75 Å². The minimum atomic E-state index is -2.31. The van der Waals surface area contributed by atoms with Gasteiger partial charge in [0.15, 0.2) is 6.61 Å². The second kappa shape index (κ2) is 7.49. The van der Waals surface area contributed by atoms with Crippen LogP contribution >= 0.6 is 0 Å². The fourth-order valence-electron chi connectivity index (χ4n) is 2.25. The molecule has 0 aliphatic rings. The van der Waals surface area contributed by atoms with Gasteiger partial charge in [0.2, 0.25) is 0 Å². The van der Waals surface area contributed by atoms with E-state index in [0.29, 0.717) is 17.1 Å². The molecule has 0 bridgehead atoms. The molecule has 0 aliphatic heterocycles. The van der Waals surface area contributed by atoms with E-state index in [9.17, 15) is 9.00 Å². The number of amides is 1.